The second-order valence-electron chi connectivity index (χ2n) is 6.00. The fourth-order valence-corrected chi connectivity index (χ4v) is 3.22. The number of rotatable bonds is 4. The highest BCUT2D eigenvalue weighted by molar-refractivity contribution is 5.80. The Labute approximate surface area is 135 Å². The molecule has 1 aromatic carbocycles. The molecule has 2 aromatic rings. The largest absolute Gasteiger partial charge is 0.420 e. The van der Waals surface area contributed by atoms with Crippen molar-refractivity contribution in [2.45, 2.75) is 44.4 Å². The van der Waals surface area contributed by atoms with Crippen LogP contribution >= 0.6 is 0 Å². The molecule has 0 atom stereocenters. The van der Waals surface area contributed by atoms with Crippen molar-refractivity contribution >= 4 is 17.0 Å². The molecule has 0 saturated heterocycles. The highest BCUT2D eigenvalue weighted by Crippen LogP contribution is 2.27. The van der Waals surface area contributed by atoms with Crippen molar-refractivity contribution in [2.75, 3.05) is 6.54 Å². The van der Waals surface area contributed by atoms with E-state index in [4.69, 9.17) is 4.42 Å². The second kappa shape index (κ2) is 6.33. The molecule has 0 aliphatic heterocycles. The third-order valence-electron chi connectivity index (χ3n) is 4.30. The van der Waals surface area contributed by atoms with E-state index in [1.54, 1.807) is 24.3 Å². The Morgan fingerprint density at radius 2 is 1.92 bits per heavy atom. The average Bonchev–Trinajstić information content (AvgIpc) is 3.13. The summed E-state index contributed by atoms with van der Waals surface area (Å²) in [7, 11) is 0. The molecular weight excluding hydrogens is 325 g/mol. The lowest BCUT2D eigenvalue weighted by Crippen LogP contribution is -2.46. The van der Waals surface area contributed by atoms with Crippen LogP contribution in [0, 0.1) is 0 Å². The molecule has 0 N–H and O–H groups in total. The van der Waals surface area contributed by atoms with Crippen molar-refractivity contribution in [3.05, 3.63) is 34.8 Å². The monoisotopic (exact) mass is 342 g/mol. The minimum Gasteiger partial charge on any atom is -0.408 e. The van der Waals surface area contributed by atoms with E-state index in [9.17, 15) is 22.8 Å². The molecule has 0 radical (unpaired) electrons. The number of fused-ring (bicyclic) bond motifs is 1. The fraction of sp³-hybridized carbons (Fsp3) is 0.500. The summed E-state index contributed by atoms with van der Waals surface area (Å²) in [5.74, 6) is -1.46. The van der Waals surface area contributed by atoms with Crippen LogP contribution in [0.25, 0.3) is 11.1 Å². The average molecular weight is 342 g/mol. The Hall–Kier alpha value is -2.25. The predicted molar refractivity (Wildman–Crippen MR) is 80.5 cm³/mol. The molecular formula is C16H17F3N2O3. The zero-order valence-electron chi connectivity index (χ0n) is 12.9. The summed E-state index contributed by atoms with van der Waals surface area (Å²) in [6, 6.07) is 6.08. The highest BCUT2D eigenvalue weighted by atomic mass is 19.4. The first-order chi connectivity index (χ1) is 11.3. The molecule has 1 fully saturated rings. The summed E-state index contributed by atoms with van der Waals surface area (Å²) >= 11 is 0. The number of benzene rings is 1. The van der Waals surface area contributed by atoms with Gasteiger partial charge in [0, 0.05) is 6.04 Å². The molecule has 1 saturated carbocycles. The number of hydrogen-bond donors (Lipinski definition) is 0. The Morgan fingerprint density at radius 3 is 2.58 bits per heavy atom. The molecule has 1 aliphatic carbocycles. The van der Waals surface area contributed by atoms with Gasteiger partial charge in [0.15, 0.2) is 5.58 Å². The quantitative estimate of drug-likeness (QED) is 0.858. The minimum atomic E-state index is -4.47. The van der Waals surface area contributed by atoms with E-state index in [-0.39, 0.29) is 0 Å². The van der Waals surface area contributed by atoms with Crippen LogP contribution in [-0.4, -0.2) is 34.1 Å². The molecule has 1 amide bonds. The topological polar surface area (TPSA) is 55.5 Å². The van der Waals surface area contributed by atoms with Crippen molar-refractivity contribution in [1.82, 2.24) is 9.47 Å². The van der Waals surface area contributed by atoms with Gasteiger partial charge in [-0.1, -0.05) is 25.0 Å². The lowest BCUT2D eigenvalue weighted by Gasteiger charge is -2.29. The zero-order chi connectivity index (χ0) is 17.3. The van der Waals surface area contributed by atoms with Crippen molar-refractivity contribution < 1.29 is 22.4 Å². The van der Waals surface area contributed by atoms with Gasteiger partial charge in [0.05, 0.1) is 5.52 Å². The Morgan fingerprint density at radius 1 is 1.25 bits per heavy atom. The number of carbonyl (C=O) groups excluding carboxylic acids is 1. The molecule has 0 bridgehead atoms. The van der Waals surface area contributed by atoms with Gasteiger partial charge in [-0.3, -0.25) is 9.36 Å². The Balaban J connectivity index is 1.87. The van der Waals surface area contributed by atoms with Gasteiger partial charge in [-0.15, -0.1) is 0 Å². The van der Waals surface area contributed by atoms with Crippen LogP contribution < -0.4 is 5.76 Å². The number of hydrogen-bond acceptors (Lipinski definition) is 3. The molecule has 5 nitrogen and oxygen atoms in total. The van der Waals surface area contributed by atoms with Gasteiger partial charge in [-0.2, -0.15) is 13.2 Å². The first-order valence-corrected chi connectivity index (χ1v) is 7.80. The van der Waals surface area contributed by atoms with Crippen LogP contribution in [0.3, 0.4) is 0 Å². The maximum absolute atomic E-state index is 12.8. The van der Waals surface area contributed by atoms with Crippen molar-refractivity contribution in [3.63, 3.8) is 0 Å². The van der Waals surface area contributed by atoms with E-state index in [0.717, 1.165) is 22.3 Å². The van der Waals surface area contributed by atoms with Crippen molar-refractivity contribution in [3.8, 4) is 0 Å². The summed E-state index contributed by atoms with van der Waals surface area (Å²) in [4.78, 5) is 25.3. The van der Waals surface area contributed by atoms with Crippen LogP contribution in [0.5, 0.6) is 0 Å². The van der Waals surface area contributed by atoms with Gasteiger partial charge in [0.1, 0.15) is 13.1 Å². The SMILES string of the molecule is O=C(Cn1c(=O)oc2ccccc21)N(CC(F)(F)F)C1CCCC1. The number of alkyl halides is 3. The Kier molecular flexibility index (Phi) is 4.38. The summed E-state index contributed by atoms with van der Waals surface area (Å²) in [6.45, 7) is -1.75. The zero-order valence-corrected chi connectivity index (χ0v) is 12.9. The predicted octanol–water partition coefficient (Wildman–Crippen LogP) is 2.93. The van der Waals surface area contributed by atoms with Crippen LogP contribution in [0.1, 0.15) is 25.7 Å². The van der Waals surface area contributed by atoms with Crippen molar-refractivity contribution in [2.24, 2.45) is 0 Å². The van der Waals surface area contributed by atoms with Crippen LogP contribution in [0.2, 0.25) is 0 Å². The summed E-state index contributed by atoms with van der Waals surface area (Å²) in [5.41, 5.74) is 0.702. The maximum Gasteiger partial charge on any atom is 0.420 e. The molecule has 24 heavy (non-hydrogen) atoms. The van der Waals surface area contributed by atoms with E-state index in [1.165, 1.54) is 0 Å². The summed E-state index contributed by atoms with van der Waals surface area (Å²) in [6.07, 6.45) is -1.74. The van der Waals surface area contributed by atoms with E-state index in [1.807, 2.05) is 0 Å². The van der Waals surface area contributed by atoms with Gasteiger partial charge in [-0.25, -0.2) is 4.79 Å². The van der Waals surface area contributed by atoms with Crippen LogP contribution in [0.4, 0.5) is 13.2 Å². The Bertz CT molecular complexity index is 788. The molecule has 0 unspecified atom stereocenters. The van der Waals surface area contributed by atoms with E-state index < -0.39 is 37.0 Å². The van der Waals surface area contributed by atoms with E-state index in [2.05, 4.69) is 0 Å². The summed E-state index contributed by atoms with van der Waals surface area (Å²) in [5, 5.41) is 0. The van der Waals surface area contributed by atoms with E-state index in [0.29, 0.717) is 23.9 Å². The smallest absolute Gasteiger partial charge is 0.408 e. The van der Waals surface area contributed by atoms with Gasteiger partial charge < -0.3 is 9.32 Å². The van der Waals surface area contributed by atoms with Crippen LogP contribution in [0.15, 0.2) is 33.5 Å². The molecule has 3 rings (SSSR count). The lowest BCUT2D eigenvalue weighted by atomic mass is 10.2. The number of halogens is 3. The van der Waals surface area contributed by atoms with Crippen LogP contribution in [-0.2, 0) is 11.3 Å². The fourth-order valence-electron chi connectivity index (χ4n) is 3.22. The first-order valence-electron chi connectivity index (χ1n) is 7.80. The van der Waals surface area contributed by atoms with Gasteiger partial charge in [0.2, 0.25) is 5.91 Å². The lowest BCUT2D eigenvalue weighted by molar-refractivity contribution is -0.166. The summed E-state index contributed by atoms with van der Waals surface area (Å²) < 4.78 is 44.6. The number of oxazole rings is 1. The highest BCUT2D eigenvalue weighted by Gasteiger charge is 2.37. The molecule has 1 heterocycles. The molecule has 8 heteroatoms. The molecule has 0 spiro atoms. The molecule has 1 aliphatic rings. The molecule has 1 aromatic heterocycles. The number of nitrogens with zero attached hydrogens (tertiary/aromatic N) is 2. The van der Waals surface area contributed by atoms with Gasteiger partial charge in [-0.05, 0) is 25.0 Å². The third-order valence-corrected chi connectivity index (χ3v) is 4.30. The number of amides is 1. The standard InChI is InChI=1S/C16H17F3N2O3/c17-16(18,19)10-21(11-5-1-2-6-11)14(22)9-20-12-7-3-4-8-13(12)24-15(20)23/h3-4,7-8,11H,1-2,5-6,9-10H2. The van der Waals surface area contributed by atoms with Gasteiger partial charge in [0.25, 0.3) is 0 Å². The second-order valence-corrected chi connectivity index (χ2v) is 6.00. The van der Waals surface area contributed by atoms with Crippen molar-refractivity contribution in [1.29, 1.82) is 0 Å². The van der Waals surface area contributed by atoms with Gasteiger partial charge >= 0.3 is 11.9 Å². The molecule has 130 valence electrons. The number of aromatic nitrogens is 1. The van der Waals surface area contributed by atoms with E-state index >= 15 is 0 Å². The first kappa shape index (κ1) is 16.6. The number of carbonyl (C=O) groups is 1. The maximum atomic E-state index is 12.8. The number of para-hydroxylation sites is 2. The normalized spacial score (nSPS) is 16.0. The minimum absolute atomic E-state index is 0.304. The third kappa shape index (κ3) is 3.47.